The fraction of sp³-hybridized carbons (Fsp3) is 0.286. The van der Waals surface area contributed by atoms with Crippen molar-refractivity contribution in [2.24, 2.45) is 0 Å². The average Bonchev–Trinajstić information content (AvgIpc) is 2.86. The molecule has 0 fully saturated rings. The maximum Gasteiger partial charge on any atom is 0.162 e. The van der Waals surface area contributed by atoms with Crippen molar-refractivity contribution < 1.29 is 4.74 Å². The maximum absolute atomic E-state index is 5.87. The number of ether oxygens (including phenoxy) is 1. The molecule has 3 rings (SSSR count). The first kappa shape index (κ1) is 12.5. The molecular weight excluding hydrogens is 254 g/mol. The lowest BCUT2D eigenvalue weighted by Gasteiger charge is -2.12. The molecule has 6 nitrogen and oxygen atoms in total. The molecule has 3 aromatic rings. The van der Waals surface area contributed by atoms with Crippen LogP contribution in [0.15, 0.2) is 24.5 Å². The van der Waals surface area contributed by atoms with E-state index in [1.165, 1.54) is 6.33 Å². The van der Waals surface area contributed by atoms with Gasteiger partial charge in [0.05, 0.1) is 17.1 Å². The lowest BCUT2D eigenvalue weighted by molar-refractivity contribution is 0.290. The summed E-state index contributed by atoms with van der Waals surface area (Å²) < 4.78 is 7.64. The van der Waals surface area contributed by atoms with Crippen molar-refractivity contribution in [2.75, 3.05) is 0 Å². The molecule has 0 atom stereocenters. The summed E-state index contributed by atoms with van der Waals surface area (Å²) in [5, 5.41) is 4.18. The normalized spacial score (nSPS) is 10.9. The Kier molecular flexibility index (Phi) is 3.06. The molecule has 0 unspecified atom stereocenters. The molecule has 0 spiro atoms. The van der Waals surface area contributed by atoms with E-state index in [4.69, 9.17) is 4.74 Å². The first-order chi connectivity index (χ1) is 9.65. The fourth-order valence-electron chi connectivity index (χ4n) is 2.24. The zero-order valence-corrected chi connectivity index (χ0v) is 11.7. The fourth-order valence-corrected chi connectivity index (χ4v) is 2.24. The number of aromatic nitrogens is 5. The van der Waals surface area contributed by atoms with Crippen LogP contribution in [0.1, 0.15) is 22.9 Å². The van der Waals surface area contributed by atoms with Crippen LogP contribution < -0.4 is 4.74 Å². The van der Waals surface area contributed by atoms with Gasteiger partial charge in [0, 0.05) is 0 Å². The average molecular weight is 269 g/mol. The number of aryl methyl sites for hydroxylation is 3. The van der Waals surface area contributed by atoms with Gasteiger partial charge in [-0.3, -0.25) is 0 Å². The Bertz CT molecular complexity index is 742. The molecule has 0 aliphatic carbocycles. The molecule has 0 aliphatic heterocycles. The second-order valence-electron chi connectivity index (χ2n) is 4.61. The molecule has 3 aromatic heterocycles. The van der Waals surface area contributed by atoms with Crippen LogP contribution in [-0.2, 0) is 6.61 Å². The van der Waals surface area contributed by atoms with Crippen LogP contribution in [-0.4, -0.2) is 24.6 Å². The molecule has 0 aliphatic rings. The molecular formula is C14H15N5O. The van der Waals surface area contributed by atoms with Gasteiger partial charge in [0.1, 0.15) is 18.8 Å². The van der Waals surface area contributed by atoms with Crippen molar-refractivity contribution in [1.82, 2.24) is 24.6 Å². The second-order valence-corrected chi connectivity index (χ2v) is 4.61. The Morgan fingerprint density at radius 2 is 1.85 bits per heavy atom. The van der Waals surface area contributed by atoms with E-state index >= 15 is 0 Å². The van der Waals surface area contributed by atoms with Crippen LogP contribution >= 0.6 is 0 Å². The van der Waals surface area contributed by atoms with Gasteiger partial charge in [0.2, 0.25) is 0 Å². The highest BCUT2D eigenvalue weighted by Gasteiger charge is 2.09. The van der Waals surface area contributed by atoms with E-state index in [2.05, 4.69) is 20.1 Å². The van der Waals surface area contributed by atoms with Crippen LogP contribution in [0.4, 0.5) is 0 Å². The summed E-state index contributed by atoms with van der Waals surface area (Å²) in [4.78, 5) is 12.8. The highest BCUT2D eigenvalue weighted by atomic mass is 16.5. The van der Waals surface area contributed by atoms with Crippen LogP contribution in [0.3, 0.4) is 0 Å². The Balaban J connectivity index is 1.89. The quantitative estimate of drug-likeness (QED) is 0.727. The topological polar surface area (TPSA) is 65.2 Å². The number of pyridine rings is 1. The van der Waals surface area contributed by atoms with Gasteiger partial charge in [-0.05, 0) is 32.9 Å². The minimum absolute atomic E-state index is 0.398. The molecule has 0 aromatic carbocycles. The minimum Gasteiger partial charge on any atom is -0.483 e. The third-order valence-corrected chi connectivity index (χ3v) is 3.06. The van der Waals surface area contributed by atoms with Gasteiger partial charge in [-0.1, -0.05) is 6.07 Å². The lowest BCUT2D eigenvalue weighted by atomic mass is 10.3. The Morgan fingerprint density at radius 3 is 2.60 bits per heavy atom. The zero-order chi connectivity index (χ0) is 14.1. The predicted molar refractivity (Wildman–Crippen MR) is 73.6 cm³/mol. The molecule has 0 radical (unpaired) electrons. The van der Waals surface area contributed by atoms with Gasteiger partial charge in [0.15, 0.2) is 11.4 Å². The molecule has 0 saturated heterocycles. The summed E-state index contributed by atoms with van der Waals surface area (Å²) in [6.45, 7) is 6.12. The number of hydrogen-bond donors (Lipinski definition) is 0. The first-order valence-electron chi connectivity index (χ1n) is 6.37. The van der Waals surface area contributed by atoms with Crippen LogP contribution in [0.5, 0.6) is 5.75 Å². The number of hydrogen-bond acceptors (Lipinski definition) is 5. The summed E-state index contributed by atoms with van der Waals surface area (Å²) in [5.41, 5.74) is 3.43. The maximum atomic E-state index is 5.87. The summed E-state index contributed by atoms with van der Waals surface area (Å²) in [6, 6.07) is 5.80. The van der Waals surface area contributed by atoms with E-state index < -0.39 is 0 Å². The second kappa shape index (κ2) is 4.88. The van der Waals surface area contributed by atoms with Crippen LogP contribution in [0.2, 0.25) is 0 Å². The SMILES string of the molecule is Cc1nc(C)c(OCc2cccc3ncnn23)c(C)n1. The smallest absolute Gasteiger partial charge is 0.162 e. The highest BCUT2D eigenvalue weighted by Crippen LogP contribution is 2.20. The van der Waals surface area contributed by atoms with Gasteiger partial charge < -0.3 is 4.74 Å². The monoisotopic (exact) mass is 269 g/mol. The molecule has 6 heteroatoms. The minimum atomic E-state index is 0.398. The van der Waals surface area contributed by atoms with Crippen LogP contribution in [0, 0.1) is 20.8 Å². The van der Waals surface area contributed by atoms with Crippen molar-refractivity contribution in [3.05, 3.63) is 47.4 Å². The molecule has 0 amide bonds. The summed E-state index contributed by atoms with van der Waals surface area (Å²) >= 11 is 0. The number of nitrogens with zero attached hydrogens (tertiary/aromatic N) is 5. The van der Waals surface area contributed by atoms with E-state index in [1.807, 2.05) is 39.0 Å². The third-order valence-electron chi connectivity index (χ3n) is 3.06. The number of fused-ring (bicyclic) bond motifs is 1. The Hall–Kier alpha value is -2.50. The van der Waals surface area contributed by atoms with Crippen molar-refractivity contribution in [3.63, 3.8) is 0 Å². The highest BCUT2D eigenvalue weighted by molar-refractivity contribution is 5.37. The standard InChI is InChI=1S/C14H15N5O/c1-9-14(10(2)18-11(3)17-9)20-7-12-5-4-6-13-15-8-16-19(12)13/h4-6,8H,7H2,1-3H3. The van der Waals surface area contributed by atoms with Gasteiger partial charge in [-0.2, -0.15) is 5.10 Å². The van der Waals surface area contributed by atoms with E-state index in [0.29, 0.717) is 6.61 Å². The van der Waals surface area contributed by atoms with E-state index in [9.17, 15) is 0 Å². The van der Waals surface area contributed by atoms with Crippen molar-refractivity contribution in [3.8, 4) is 5.75 Å². The Morgan fingerprint density at radius 1 is 1.10 bits per heavy atom. The van der Waals surface area contributed by atoms with Crippen molar-refractivity contribution >= 4 is 5.65 Å². The summed E-state index contributed by atoms with van der Waals surface area (Å²) in [6.07, 6.45) is 1.53. The summed E-state index contributed by atoms with van der Waals surface area (Å²) in [5.74, 6) is 1.48. The lowest BCUT2D eigenvalue weighted by Crippen LogP contribution is -2.07. The zero-order valence-electron chi connectivity index (χ0n) is 11.7. The molecule has 102 valence electrons. The largest absolute Gasteiger partial charge is 0.483 e. The molecule has 0 N–H and O–H groups in total. The van der Waals surface area contributed by atoms with E-state index in [1.54, 1.807) is 4.52 Å². The van der Waals surface area contributed by atoms with Gasteiger partial charge in [-0.25, -0.2) is 19.5 Å². The molecule has 0 bridgehead atoms. The predicted octanol–water partition coefficient (Wildman–Crippen LogP) is 2.02. The molecule has 0 saturated carbocycles. The third kappa shape index (κ3) is 2.20. The van der Waals surface area contributed by atoms with Crippen LogP contribution in [0.25, 0.3) is 5.65 Å². The van der Waals surface area contributed by atoms with Gasteiger partial charge >= 0.3 is 0 Å². The Labute approximate surface area is 116 Å². The van der Waals surface area contributed by atoms with Gasteiger partial charge in [-0.15, -0.1) is 0 Å². The van der Waals surface area contributed by atoms with Crippen molar-refractivity contribution in [1.29, 1.82) is 0 Å². The van der Waals surface area contributed by atoms with Crippen molar-refractivity contribution in [2.45, 2.75) is 27.4 Å². The number of rotatable bonds is 3. The van der Waals surface area contributed by atoms with E-state index in [0.717, 1.165) is 34.3 Å². The molecule has 20 heavy (non-hydrogen) atoms. The molecule has 3 heterocycles. The van der Waals surface area contributed by atoms with Gasteiger partial charge in [0.25, 0.3) is 0 Å². The van der Waals surface area contributed by atoms with E-state index in [-0.39, 0.29) is 0 Å². The first-order valence-corrected chi connectivity index (χ1v) is 6.37. The summed E-state index contributed by atoms with van der Waals surface area (Å²) in [7, 11) is 0.